The molecule has 1 heterocycles. The lowest BCUT2D eigenvalue weighted by Gasteiger charge is -2.09. The van der Waals surface area contributed by atoms with Gasteiger partial charge in [0.15, 0.2) is 11.6 Å². The lowest BCUT2D eigenvalue weighted by atomic mass is 10.2. The molecule has 0 bridgehead atoms. The molecule has 0 amide bonds. The third kappa shape index (κ3) is 2.47. The lowest BCUT2D eigenvalue weighted by molar-refractivity contribution is 1.11. The van der Waals surface area contributed by atoms with Gasteiger partial charge in [-0.3, -0.25) is 0 Å². The van der Waals surface area contributed by atoms with E-state index in [1.165, 1.54) is 5.56 Å². The second-order valence-corrected chi connectivity index (χ2v) is 4.29. The number of anilines is 2. The van der Waals surface area contributed by atoms with E-state index in [-0.39, 0.29) is 0 Å². The summed E-state index contributed by atoms with van der Waals surface area (Å²) in [4.78, 5) is 8.83. The summed E-state index contributed by atoms with van der Waals surface area (Å²) >= 11 is 0. The van der Waals surface area contributed by atoms with Gasteiger partial charge in [0.25, 0.3) is 0 Å². The summed E-state index contributed by atoms with van der Waals surface area (Å²) in [6.07, 6.45) is 0. The van der Waals surface area contributed by atoms with Crippen LogP contribution >= 0.6 is 0 Å². The predicted molar refractivity (Wildman–Crippen MR) is 77.7 cm³/mol. The Morgan fingerprint density at radius 2 is 1.47 bits per heavy atom. The van der Waals surface area contributed by atoms with E-state index in [1.807, 2.05) is 42.5 Å². The molecule has 4 heteroatoms. The highest BCUT2D eigenvalue weighted by Gasteiger charge is 2.04. The van der Waals surface area contributed by atoms with Crippen LogP contribution < -0.4 is 11.1 Å². The summed E-state index contributed by atoms with van der Waals surface area (Å²) in [5, 5.41) is 3.22. The zero-order valence-corrected chi connectivity index (χ0v) is 10.4. The van der Waals surface area contributed by atoms with Gasteiger partial charge >= 0.3 is 0 Å². The molecule has 0 spiro atoms. The van der Waals surface area contributed by atoms with Gasteiger partial charge in [-0.2, -0.15) is 0 Å². The van der Waals surface area contributed by atoms with Crippen LogP contribution in [0.3, 0.4) is 0 Å². The molecule has 19 heavy (non-hydrogen) atoms. The molecule has 0 aliphatic heterocycles. The number of nitrogen functional groups attached to an aromatic ring is 1. The van der Waals surface area contributed by atoms with Gasteiger partial charge in [0.05, 0.1) is 11.0 Å². The van der Waals surface area contributed by atoms with Crippen LogP contribution in [0.5, 0.6) is 0 Å². The molecule has 0 atom stereocenters. The zero-order valence-electron chi connectivity index (χ0n) is 10.4. The van der Waals surface area contributed by atoms with E-state index in [2.05, 4.69) is 27.4 Å². The molecule has 0 saturated carbocycles. The Hall–Kier alpha value is -2.62. The molecule has 3 rings (SSSR count). The zero-order chi connectivity index (χ0) is 13.1. The third-order valence-corrected chi connectivity index (χ3v) is 2.90. The van der Waals surface area contributed by atoms with Crippen molar-refractivity contribution in [2.24, 2.45) is 0 Å². The Kier molecular flexibility index (Phi) is 2.98. The molecule has 0 fully saturated rings. The SMILES string of the molecule is Nc1nc2ccccc2nc1NCc1ccccc1. The first kappa shape index (κ1) is 11.5. The van der Waals surface area contributed by atoms with Crippen molar-refractivity contribution in [1.29, 1.82) is 0 Å². The summed E-state index contributed by atoms with van der Waals surface area (Å²) in [7, 11) is 0. The molecular formula is C15H14N4. The number of benzene rings is 2. The number of nitrogens with one attached hydrogen (secondary N) is 1. The number of aromatic nitrogens is 2. The quantitative estimate of drug-likeness (QED) is 0.750. The molecule has 2 aromatic carbocycles. The largest absolute Gasteiger partial charge is 0.381 e. The van der Waals surface area contributed by atoms with Gasteiger partial charge in [-0.15, -0.1) is 0 Å². The Morgan fingerprint density at radius 3 is 2.21 bits per heavy atom. The van der Waals surface area contributed by atoms with E-state index in [9.17, 15) is 0 Å². The Labute approximate surface area is 111 Å². The fourth-order valence-corrected chi connectivity index (χ4v) is 1.93. The van der Waals surface area contributed by atoms with Crippen LogP contribution in [0.4, 0.5) is 11.6 Å². The third-order valence-electron chi connectivity index (χ3n) is 2.90. The second kappa shape index (κ2) is 4.94. The van der Waals surface area contributed by atoms with Gasteiger partial charge in [0.1, 0.15) is 0 Å². The van der Waals surface area contributed by atoms with Crippen molar-refractivity contribution >= 4 is 22.7 Å². The maximum Gasteiger partial charge on any atom is 0.169 e. The standard InChI is InChI=1S/C15H14N4/c16-14-15(17-10-11-6-2-1-3-7-11)19-13-9-5-4-8-12(13)18-14/h1-9H,10H2,(H2,16,18)(H,17,19). The van der Waals surface area contributed by atoms with E-state index < -0.39 is 0 Å². The minimum Gasteiger partial charge on any atom is -0.381 e. The molecular weight excluding hydrogens is 236 g/mol. The highest BCUT2D eigenvalue weighted by atomic mass is 15.1. The molecule has 0 aliphatic rings. The van der Waals surface area contributed by atoms with E-state index in [0.29, 0.717) is 18.2 Å². The van der Waals surface area contributed by atoms with Gasteiger partial charge in [-0.25, -0.2) is 9.97 Å². The van der Waals surface area contributed by atoms with Crippen LogP contribution in [0, 0.1) is 0 Å². The number of nitrogens with two attached hydrogens (primary N) is 1. The van der Waals surface area contributed by atoms with Crippen molar-refractivity contribution in [2.45, 2.75) is 6.54 Å². The molecule has 0 saturated heterocycles. The minimum atomic E-state index is 0.426. The van der Waals surface area contributed by atoms with Crippen LogP contribution in [-0.4, -0.2) is 9.97 Å². The number of hydrogen-bond donors (Lipinski definition) is 2. The van der Waals surface area contributed by atoms with Gasteiger partial charge < -0.3 is 11.1 Å². The summed E-state index contributed by atoms with van der Waals surface area (Å²) < 4.78 is 0. The van der Waals surface area contributed by atoms with Crippen molar-refractivity contribution < 1.29 is 0 Å². The number of nitrogens with zero attached hydrogens (tertiary/aromatic N) is 2. The van der Waals surface area contributed by atoms with E-state index >= 15 is 0 Å². The first-order chi connectivity index (χ1) is 9.33. The van der Waals surface area contributed by atoms with Crippen LogP contribution in [-0.2, 0) is 6.54 Å². The smallest absolute Gasteiger partial charge is 0.169 e. The van der Waals surface area contributed by atoms with Crippen molar-refractivity contribution in [3.05, 3.63) is 60.2 Å². The summed E-state index contributed by atoms with van der Waals surface area (Å²) in [6, 6.07) is 17.8. The minimum absolute atomic E-state index is 0.426. The van der Waals surface area contributed by atoms with Crippen molar-refractivity contribution in [1.82, 2.24) is 9.97 Å². The summed E-state index contributed by atoms with van der Waals surface area (Å²) in [5.74, 6) is 1.05. The topological polar surface area (TPSA) is 63.8 Å². The summed E-state index contributed by atoms with van der Waals surface area (Å²) in [5.41, 5.74) is 8.74. The fourth-order valence-electron chi connectivity index (χ4n) is 1.93. The van der Waals surface area contributed by atoms with Crippen molar-refractivity contribution in [2.75, 3.05) is 11.1 Å². The van der Waals surface area contributed by atoms with Gasteiger partial charge in [-0.05, 0) is 17.7 Å². The van der Waals surface area contributed by atoms with Crippen LogP contribution in [0.15, 0.2) is 54.6 Å². The lowest BCUT2D eigenvalue weighted by Crippen LogP contribution is -2.06. The van der Waals surface area contributed by atoms with E-state index in [1.54, 1.807) is 0 Å². The molecule has 94 valence electrons. The summed E-state index contributed by atoms with van der Waals surface area (Å²) in [6.45, 7) is 0.679. The average molecular weight is 250 g/mol. The van der Waals surface area contributed by atoms with E-state index in [0.717, 1.165) is 11.0 Å². The van der Waals surface area contributed by atoms with Gasteiger partial charge in [0, 0.05) is 6.54 Å². The highest BCUT2D eigenvalue weighted by molar-refractivity contribution is 5.79. The number of fused-ring (bicyclic) bond motifs is 1. The predicted octanol–water partition coefficient (Wildman–Crippen LogP) is 2.82. The molecule has 3 N–H and O–H groups in total. The Morgan fingerprint density at radius 1 is 0.842 bits per heavy atom. The molecule has 3 aromatic rings. The fraction of sp³-hybridized carbons (Fsp3) is 0.0667. The normalized spacial score (nSPS) is 10.5. The van der Waals surface area contributed by atoms with Crippen molar-refractivity contribution in [3.63, 3.8) is 0 Å². The Balaban J connectivity index is 1.86. The molecule has 0 radical (unpaired) electrons. The number of hydrogen-bond acceptors (Lipinski definition) is 4. The number of para-hydroxylation sites is 2. The molecule has 0 unspecified atom stereocenters. The maximum absolute atomic E-state index is 5.91. The molecule has 0 aliphatic carbocycles. The maximum atomic E-state index is 5.91. The van der Waals surface area contributed by atoms with Crippen LogP contribution in [0.2, 0.25) is 0 Å². The molecule has 4 nitrogen and oxygen atoms in total. The first-order valence-corrected chi connectivity index (χ1v) is 6.13. The highest BCUT2D eigenvalue weighted by Crippen LogP contribution is 2.18. The van der Waals surface area contributed by atoms with Crippen molar-refractivity contribution in [3.8, 4) is 0 Å². The average Bonchev–Trinajstić information content (AvgIpc) is 2.46. The Bertz CT molecular complexity index is 695. The van der Waals surface area contributed by atoms with Gasteiger partial charge in [0.2, 0.25) is 0 Å². The van der Waals surface area contributed by atoms with Crippen LogP contribution in [0.1, 0.15) is 5.56 Å². The monoisotopic (exact) mass is 250 g/mol. The van der Waals surface area contributed by atoms with Gasteiger partial charge in [-0.1, -0.05) is 42.5 Å². The second-order valence-electron chi connectivity index (χ2n) is 4.29. The first-order valence-electron chi connectivity index (χ1n) is 6.13. The molecule has 1 aromatic heterocycles. The number of rotatable bonds is 3. The van der Waals surface area contributed by atoms with Crippen LogP contribution in [0.25, 0.3) is 11.0 Å². The van der Waals surface area contributed by atoms with E-state index in [4.69, 9.17) is 5.73 Å².